The van der Waals surface area contributed by atoms with Crippen molar-refractivity contribution < 1.29 is 17.6 Å². The zero-order valence-corrected chi connectivity index (χ0v) is 12.7. The van der Waals surface area contributed by atoms with E-state index in [2.05, 4.69) is 15.2 Å². The summed E-state index contributed by atoms with van der Waals surface area (Å²) in [5, 5.41) is 6.91. The first-order valence-electron chi connectivity index (χ1n) is 6.71. The summed E-state index contributed by atoms with van der Waals surface area (Å²) in [5.74, 6) is -0.00987. The third-order valence-corrected chi connectivity index (χ3v) is 4.26. The normalized spacial score (nSPS) is 18.6. The first kappa shape index (κ1) is 14.6. The van der Waals surface area contributed by atoms with Crippen LogP contribution < -0.4 is 0 Å². The van der Waals surface area contributed by atoms with Gasteiger partial charge in [-0.15, -0.1) is 5.10 Å². The van der Waals surface area contributed by atoms with Gasteiger partial charge in [-0.05, 0) is 25.0 Å². The van der Waals surface area contributed by atoms with E-state index in [0.717, 1.165) is 12.7 Å². The van der Waals surface area contributed by atoms with Gasteiger partial charge in [-0.1, -0.05) is 5.10 Å². The van der Waals surface area contributed by atoms with Crippen molar-refractivity contribution in [2.75, 3.05) is 12.8 Å². The zero-order valence-electron chi connectivity index (χ0n) is 11.8. The Morgan fingerprint density at radius 3 is 2.68 bits per heavy atom. The van der Waals surface area contributed by atoms with E-state index in [1.807, 2.05) is 0 Å². The molecule has 116 valence electrons. The number of sulfone groups is 1. The molecule has 0 saturated carbocycles. The first-order chi connectivity index (χ1) is 10.5. The van der Waals surface area contributed by atoms with Crippen LogP contribution in [0.25, 0.3) is 0 Å². The molecule has 3 rings (SSSR count). The largest absolute Gasteiger partial charge is 0.410 e. The van der Waals surface area contributed by atoms with E-state index < -0.39 is 21.1 Å². The number of carbonyl (C=O) groups excluding carboxylic acids is 1. The lowest BCUT2D eigenvalue weighted by atomic mass is 10.2. The molecule has 3 heterocycles. The van der Waals surface area contributed by atoms with E-state index in [-0.39, 0.29) is 11.8 Å². The molecular weight excluding hydrogens is 308 g/mol. The minimum atomic E-state index is -3.55. The van der Waals surface area contributed by atoms with Crippen molar-refractivity contribution in [3.8, 4) is 0 Å². The summed E-state index contributed by atoms with van der Waals surface area (Å²) in [4.78, 5) is 18.0. The Kier molecular flexibility index (Phi) is 3.65. The Labute approximate surface area is 127 Å². The maximum Gasteiger partial charge on any atom is 0.335 e. The lowest BCUT2D eigenvalue weighted by Crippen LogP contribution is -2.30. The van der Waals surface area contributed by atoms with E-state index in [1.165, 1.54) is 0 Å². The Hall–Kier alpha value is -2.29. The van der Waals surface area contributed by atoms with Gasteiger partial charge in [0.15, 0.2) is 0 Å². The summed E-state index contributed by atoms with van der Waals surface area (Å²) in [6.07, 6.45) is 5.54. The molecule has 0 unspecified atom stereocenters. The molecule has 2 aromatic heterocycles. The quantitative estimate of drug-likeness (QED) is 0.824. The van der Waals surface area contributed by atoms with Crippen LogP contribution in [0.1, 0.15) is 35.1 Å². The summed E-state index contributed by atoms with van der Waals surface area (Å²) in [6, 6.07) is 2.87. The number of hydrogen-bond acceptors (Lipinski definition) is 7. The molecule has 0 spiro atoms. The maximum absolute atomic E-state index is 12.5. The molecule has 1 amide bonds. The summed E-state index contributed by atoms with van der Waals surface area (Å²) < 4.78 is 28.1. The molecule has 1 aliphatic rings. The van der Waals surface area contributed by atoms with Crippen LogP contribution in [0, 0.1) is 0 Å². The minimum absolute atomic E-state index is 0.153. The van der Waals surface area contributed by atoms with Gasteiger partial charge in [0.05, 0.1) is 0 Å². The van der Waals surface area contributed by atoms with Crippen LogP contribution >= 0.6 is 0 Å². The monoisotopic (exact) mass is 322 g/mol. The van der Waals surface area contributed by atoms with Crippen molar-refractivity contribution in [3.63, 3.8) is 0 Å². The SMILES string of the molecule is CS(=O)(=O)c1nnc([C@@H]2CCCN2C(=O)c2ccncc2)o1. The second-order valence-corrected chi connectivity index (χ2v) is 6.96. The van der Waals surface area contributed by atoms with Gasteiger partial charge in [0, 0.05) is 30.8 Å². The molecule has 0 radical (unpaired) electrons. The van der Waals surface area contributed by atoms with Gasteiger partial charge >= 0.3 is 5.22 Å². The average Bonchev–Trinajstić information content (AvgIpc) is 3.15. The van der Waals surface area contributed by atoms with Gasteiger partial charge < -0.3 is 9.32 Å². The summed E-state index contributed by atoms with van der Waals surface area (Å²) in [7, 11) is -3.55. The highest BCUT2D eigenvalue weighted by molar-refractivity contribution is 7.90. The summed E-state index contributed by atoms with van der Waals surface area (Å²) >= 11 is 0. The molecule has 1 aliphatic heterocycles. The Bertz CT molecular complexity index is 787. The van der Waals surface area contributed by atoms with E-state index >= 15 is 0 Å². The molecule has 22 heavy (non-hydrogen) atoms. The lowest BCUT2D eigenvalue weighted by Gasteiger charge is -2.21. The van der Waals surface area contributed by atoms with E-state index in [1.54, 1.807) is 29.4 Å². The van der Waals surface area contributed by atoms with Gasteiger partial charge in [0.25, 0.3) is 5.91 Å². The van der Waals surface area contributed by atoms with E-state index in [9.17, 15) is 13.2 Å². The molecule has 2 aromatic rings. The van der Waals surface area contributed by atoms with Crippen LogP contribution in [-0.4, -0.2) is 47.2 Å². The molecular formula is C13H14N4O4S. The highest BCUT2D eigenvalue weighted by Gasteiger charge is 2.35. The van der Waals surface area contributed by atoms with Gasteiger partial charge in [0.2, 0.25) is 15.7 Å². The van der Waals surface area contributed by atoms with Crippen LogP contribution in [0.5, 0.6) is 0 Å². The molecule has 8 nitrogen and oxygen atoms in total. The molecule has 1 fully saturated rings. The fourth-order valence-electron chi connectivity index (χ4n) is 2.43. The maximum atomic E-state index is 12.5. The van der Waals surface area contributed by atoms with Crippen molar-refractivity contribution in [2.45, 2.75) is 24.1 Å². The van der Waals surface area contributed by atoms with Crippen LogP contribution in [0.3, 0.4) is 0 Å². The predicted molar refractivity (Wildman–Crippen MR) is 74.7 cm³/mol. The van der Waals surface area contributed by atoms with Gasteiger partial charge in [-0.25, -0.2) is 8.42 Å². The van der Waals surface area contributed by atoms with E-state index in [4.69, 9.17) is 4.42 Å². The first-order valence-corrected chi connectivity index (χ1v) is 8.60. The van der Waals surface area contributed by atoms with Crippen molar-refractivity contribution in [1.29, 1.82) is 0 Å². The number of rotatable bonds is 3. The predicted octanol–water partition coefficient (Wildman–Crippen LogP) is 0.845. The van der Waals surface area contributed by atoms with Crippen molar-refractivity contribution in [2.24, 2.45) is 0 Å². The minimum Gasteiger partial charge on any atom is -0.410 e. The van der Waals surface area contributed by atoms with Crippen molar-refractivity contribution in [1.82, 2.24) is 20.1 Å². The molecule has 0 aromatic carbocycles. The summed E-state index contributed by atoms with van der Waals surface area (Å²) in [6.45, 7) is 0.558. The number of hydrogen-bond donors (Lipinski definition) is 0. The third kappa shape index (κ3) is 2.71. The molecule has 1 saturated heterocycles. The van der Waals surface area contributed by atoms with E-state index in [0.29, 0.717) is 18.5 Å². The van der Waals surface area contributed by atoms with Gasteiger partial charge in [-0.3, -0.25) is 9.78 Å². The molecule has 0 N–H and O–H groups in total. The number of pyridine rings is 1. The molecule has 0 aliphatic carbocycles. The standard InChI is InChI=1S/C13H14N4O4S/c1-22(19,20)13-16-15-11(21-13)10-3-2-8-17(10)12(18)9-4-6-14-7-5-9/h4-7,10H,2-3,8H2,1H3/t10-/m0/s1. The summed E-state index contributed by atoms with van der Waals surface area (Å²) in [5.41, 5.74) is 0.518. The second kappa shape index (κ2) is 5.48. The number of aromatic nitrogens is 3. The van der Waals surface area contributed by atoms with Crippen LogP contribution in [-0.2, 0) is 9.84 Å². The number of nitrogens with zero attached hydrogens (tertiary/aromatic N) is 4. The second-order valence-electron chi connectivity index (χ2n) is 5.07. The fourth-order valence-corrected chi connectivity index (χ4v) is 2.86. The average molecular weight is 322 g/mol. The zero-order chi connectivity index (χ0) is 15.7. The van der Waals surface area contributed by atoms with Crippen molar-refractivity contribution in [3.05, 3.63) is 36.0 Å². The number of carbonyl (C=O) groups is 1. The molecule has 1 atom stereocenters. The molecule has 0 bridgehead atoms. The van der Waals surface area contributed by atoms with Crippen LogP contribution in [0.2, 0.25) is 0 Å². The van der Waals surface area contributed by atoms with Gasteiger partial charge in [0.1, 0.15) is 6.04 Å². The number of amides is 1. The smallest absolute Gasteiger partial charge is 0.335 e. The fraction of sp³-hybridized carbons (Fsp3) is 0.385. The topological polar surface area (TPSA) is 106 Å². The third-order valence-electron chi connectivity index (χ3n) is 3.47. The molecule has 9 heteroatoms. The highest BCUT2D eigenvalue weighted by Crippen LogP contribution is 2.32. The van der Waals surface area contributed by atoms with Crippen LogP contribution in [0.15, 0.2) is 34.2 Å². The highest BCUT2D eigenvalue weighted by atomic mass is 32.2. The Balaban J connectivity index is 1.88. The van der Waals surface area contributed by atoms with Gasteiger partial charge in [-0.2, -0.15) is 0 Å². The Morgan fingerprint density at radius 1 is 1.32 bits per heavy atom. The van der Waals surface area contributed by atoms with Crippen LogP contribution in [0.4, 0.5) is 0 Å². The lowest BCUT2D eigenvalue weighted by molar-refractivity contribution is 0.0712. The Morgan fingerprint density at radius 2 is 2.05 bits per heavy atom. The van der Waals surface area contributed by atoms with Crippen molar-refractivity contribution >= 4 is 15.7 Å². The number of likely N-dealkylation sites (tertiary alicyclic amines) is 1.